The van der Waals surface area contributed by atoms with Gasteiger partial charge in [-0.25, -0.2) is 4.98 Å². The van der Waals surface area contributed by atoms with Crippen molar-refractivity contribution in [2.45, 2.75) is 35.3 Å². The first-order chi connectivity index (χ1) is 9.74. The number of carbonyl (C=O) groups is 1. The molecule has 0 saturated carbocycles. The largest absolute Gasteiger partial charge is 0.480 e. The topological polar surface area (TPSA) is 50.2 Å². The van der Waals surface area contributed by atoms with Crippen LogP contribution in [0, 0.1) is 0 Å². The van der Waals surface area contributed by atoms with Crippen LogP contribution in [0.4, 0.5) is 0 Å². The van der Waals surface area contributed by atoms with Crippen LogP contribution in [0.15, 0.2) is 34.7 Å². The van der Waals surface area contributed by atoms with Crippen LogP contribution in [0.5, 0.6) is 0 Å². The molecule has 1 aromatic heterocycles. The van der Waals surface area contributed by atoms with E-state index in [1.807, 2.05) is 30.3 Å². The van der Waals surface area contributed by atoms with Crippen molar-refractivity contribution in [1.29, 1.82) is 0 Å². The minimum absolute atomic E-state index is 0.580. The maximum atomic E-state index is 11.5. The number of nitrogens with zero attached hydrogens (tertiary/aromatic N) is 1. The van der Waals surface area contributed by atoms with Gasteiger partial charge in [0, 0.05) is 4.88 Å². The first-order valence-electron chi connectivity index (χ1n) is 6.67. The Hall–Kier alpha value is -1.33. The Balaban J connectivity index is 1.83. The summed E-state index contributed by atoms with van der Waals surface area (Å²) in [5, 5.41) is 8.87. The van der Waals surface area contributed by atoms with E-state index in [1.165, 1.54) is 35.2 Å². The van der Waals surface area contributed by atoms with Gasteiger partial charge in [-0.3, -0.25) is 4.79 Å². The summed E-state index contributed by atoms with van der Waals surface area (Å²) in [4.78, 5) is 17.5. The van der Waals surface area contributed by atoms with E-state index in [0.29, 0.717) is 0 Å². The number of thioether (sulfide) groups is 1. The molecule has 0 saturated heterocycles. The second kappa shape index (κ2) is 5.97. The lowest BCUT2D eigenvalue weighted by Gasteiger charge is -2.10. The minimum atomic E-state index is -0.811. The molecule has 0 fully saturated rings. The van der Waals surface area contributed by atoms with Crippen molar-refractivity contribution < 1.29 is 9.90 Å². The molecule has 1 N–H and O–H groups in total. The summed E-state index contributed by atoms with van der Waals surface area (Å²) in [6.07, 6.45) is 4.55. The van der Waals surface area contributed by atoms with Crippen molar-refractivity contribution in [2.24, 2.45) is 0 Å². The molecule has 0 amide bonds. The molecular weight excluding hydrogens is 290 g/mol. The zero-order valence-corrected chi connectivity index (χ0v) is 12.5. The van der Waals surface area contributed by atoms with Crippen LogP contribution in [0.25, 0.3) is 0 Å². The van der Waals surface area contributed by atoms with Gasteiger partial charge in [0.05, 0.1) is 5.69 Å². The van der Waals surface area contributed by atoms with Crippen LogP contribution in [0.3, 0.4) is 0 Å². The lowest BCUT2D eigenvalue weighted by atomic mass is 10.0. The van der Waals surface area contributed by atoms with E-state index in [2.05, 4.69) is 4.98 Å². The number of hydrogen-bond acceptors (Lipinski definition) is 4. The molecule has 1 heterocycles. The SMILES string of the molecule is O=C(O)C(Sc1nc2c(s1)CCCC2)c1ccccc1. The standard InChI is InChI=1S/C15H15NO2S2/c17-14(18)13(10-6-2-1-3-7-10)20-15-16-11-8-4-5-9-12(11)19-15/h1-3,6-7,13H,4-5,8-9H2,(H,17,18). The van der Waals surface area contributed by atoms with Crippen molar-refractivity contribution in [3.63, 3.8) is 0 Å². The molecule has 1 unspecified atom stereocenters. The van der Waals surface area contributed by atoms with E-state index >= 15 is 0 Å². The Kier molecular flexibility index (Phi) is 4.08. The second-order valence-corrected chi connectivity index (χ2v) is 7.24. The molecule has 0 spiro atoms. The molecule has 1 aliphatic rings. The molecule has 5 heteroatoms. The van der Waals surface area contributed by atoms with Gasteiger partial charge < -0.3 is 5.11 Å². The minimum Gasteiger partial charge on any atom is -0.480 e. The molecule has 0 bridgehead atoms. The highest BCUT2D eigenvalue weighted by Gasteiger charge is 2.24. The molecule has 1 aromatic carbocycles. The number of hydrogen-bond donors (Lipinski definition) is 1. The molecule has 104 valence electrons. The van der Waals surface area contributed by atoms with Crippen LogP contribution in [-0.4, -0.2) is 16.1 Å². The number of aryl methyl sites for hydroxylation is 2. The number of thiazole rings is 1. The Labute approximate surface area is 126 Å². The van der Waals surface area contributed by atoms with Crippen molar-refractivity contribution in [3.8, 4) is 0 Å². The normalized spacial score (nSPS) is 15.6. The van der Waals surface area contributed by atoms with E-state index in [0.717, 1.165) is 22.7 Å². The predicted molar refractivity (Wildman–Crippen MR) is 81.4 cm³/mol. The molecule has 1 atom stereocenters. The lowest BCUT2D eigenvalue weighted by molar-refractivity contribution is -0.136. The van der Waals surface area contributed by atoms with Gasteiger partial charge in [-0.2, -0.15) is 0 Å². The smallest absolute Gasteiger partial charge is 0.321 e. The van der Waals surface area contributed by atoms with E-state index in [9.17, 15) is 9.90 Å². The molecule has 0 radical (unpaired) electrons. The zero-order valence-electron chi connectivity index (χ0n) is 10.9. The highest BCUT2D eigenvalue weighted by molar-refractivity contribution is 8.01. The number of fused-ring (bicyclic) bond motifs is 1. The third kappa shape index (κ3) is 2.88. The van der Waals surface area contributed by atoms with Crippen molar-refractivity contribution in [3.05, 3.63) is 46.5 Å². The fourth-order valence-electron chi connectivity index (χ4n) is 2.37. The van der Waals surface area contributed by atoms with Gasteiger partial charge >= 0.3 is 5.97 Å². The Morgan fingerprint density at radius 3 is 2.70 bits per heavy atom. The van der Waals surface area contributed by atoms with Crippen molar-refractivity contribution >= 4 is 29.1 Å². The Morgan fingerprint density at radius 1 is 1.25 bits per heavy atom. The molecule has 2 aromatic rings. The van der Waals surface area contributed by atoms with Gasteiger partial charge in [0.2, 0.25) is 0 Å². The zero-order chi connectivity index (χ0) is 13.9. The van der Waals surface area contributed by atoms with E-state index < -0.39 is 11.2 Å². The molecule has 20 heavy (non-hydrogen) atoms. The van der Waals surface area contributed by atoms with Crippen LogP contribution < -0.4 is 0 Å². The summed E-state index contributed by atoms with van der Waals surface area (Å²) in [7, 11) is 0. The van der Waals surface area contributed by atoms with E-state index in [-0.39, 0.29) is 0 Å². The number of rotatable bonds is 4. The van der Waals surface area contributed by atoms with Gasteiger partial charge in [-0.1, -0.05) is 42.1 Å². The Morgan fingerprint density at radius 2 is 2.00 bits per heavy atom. The van der Waals surface area contributed by atoms with Crippen LogP contribution in [-0.2, 0) is 17.6 Å². The van der Waals surface area contributed by atoms with E-state index in [4.69, 9.17) is 0 Å². The van der Waals surface area contributed by atoms with Crippen LogP contribution in [0.2, 0.25) is 0 Å². The van der Waals surface area contributed by atoms with E-state index in [1.54, 1.807) is 11.3 Å². The molecule has 3 rings (SSSR count). The lowest BCUT2D eigenvalue weighted by Crippen LogP contribution is -2.07. The summed E-state index contributed by atoms with van der Waals surface area (Å²) in [6.45, 7) is 0. The average Bonchev–Trinajstić information content (AvgIpc) is 2.88. The number of benzene rings is 1. The average molecular weight is 305 g/mol. The maximum Gasteiger partial charge on any atom is 0.321 e. The number of carboxylic acids is 1. The first-order valence-corrected chi connectivity index (χ1v) is 8.36. The fraction of sp³-hybridized carbons (Fsp3) is 0.333. The summed E-state index contributed by atoms with van der Waals surface area (Å²) in [6, 6.07) is 9.37. The third-order valence-corrected chi connectivity index (χ3v) is 5.86. The number of aromatic nitrogens is 1. The molecule has 3 nitrogen and oxygen atoms in total. The predicted octanol–water partition coefficient (Wildman–Crippen LogP) is 3.94. The van der Waals surface area contributed by atoms with Crippen LogP contribution >= 0.6 is 23.1 Å². The van der Waals surface area contributed by atoms with Crippen molar-refractivity contribution in [1.82, 2.24) is 4.98 Å². The van der Waals surface area contributed by atoms with Gasteiger partial charge in [-0.15, -0.1) is 11.3 Å². The van der Waals surface area contributed by atoms with Gasteiger partial charge in [0.15, 0.2) is 4.34 Å². The van der Waals surface area contributed by atoms with Gasteiger partial charge in [0.25, 0.3) is 0 Å². The summed E-state index contributed by atoms with van der Waals surface area (Å²) < 4.78 is 0.883. The number of carboxylic acid groups (broad SMARTS) is 1. The molecular formula is C15H15NO2S2. The summed E-state index contributed by atoms with van der Waals surface area (Å²) in [5.41, 5.74) is 2.00. The quantitative estimate of drug-likeness (QED) is 0.869. The number of aliphatic carboxylic acids is 1. The third-order valence-electron chi connectivity index (χ3n) is 3.37. The maximum absolute atomic E-state index is 11.5. The summed E-state index contributed by atoms with van der Waals surface area (Å²) in [5.74, 6) is -0.811. The molecule has 0 aliphatic heterocycles. The van der Waals surface area contributed by atoms with Gasteiger partial charge in [-0.05, 0) is 31.2 Å². The first kappa shape index (κ1) is 13.6. The Bertz CT molecular complexity index is 586. The van der Waals surface area contributed by atoms with Crippen molar-refractivity contribution in [2.75, 3.05) is 0 Å². The molecule has 1 aliphatic carbocycles. The van der Waals surface area contributed by atoms with Crippen LogP contribution in [0.1, 0.15) is 34.2 Å². The highest BCUT2D eigenvalue weighted by atomic mass is 32.2. The summed E-state index contributed by atoms with van der Waals surface area (Å²) >= 11 is 3.02. The monoisotopic (exact) mass is 305 g/mol. The second-order valence-electron chi connectivity index (χ2n) is 4.80. The highest BCUT2D eigenvalue weighted by Crippen LogP contribution is 2.40. The van der Waals surface area contributed by atoms with Gasteiger partial charge in [0.1, 0.15) is 5.25 Å². The fourth-order valence-corrected chi connectivity index (χ4v) is 4.79.